The summed E-state index contributed by atoms with van der Waals surface area (Å²) in [7, 11) is 0. The van der Waals surface area contributed by atoms with Gasteiger partial charge in [0, 0.05) is 11.6 Å². The van der Waals surface area contributed by atoms with Crippen LogP contribution in [0.3, 0.4) is 0 Å². The molecule has 1 heterocycles. The summed E-state index contributed by atoms with van der Waals surface area (Å²) in [6.45, 7) is 3.71. The van der Waals surface area contributed by atoms with Gasteiger partial charge in [0.1, 0.15) is 12.4 Å². The normalized spacial score (nSPS) is 14.3. The van der Waals surface area contributed by atoms with Crippen molar-refractivity contribution in [1.29, 1.82) is 0 Å². The fraction of sp³-hybridized carbons (Fsp3) is 0.421. The van der Waals surface area contributed by atoms with Gasteiger partial charge in [-0.05, 0) is 55.9 Å². The Morgan fingerprint density at radius 2 is 1.90 bits per heavy atom. The first-order valence-corrected chi connectivity index (χ1v) is 8.01. The molecule has 0 saturated carbocycles. The molecule has 21 heavy (non-hydrogen) atoms. The molecule has 2 heteroatoms. The molecule has 1 aliphatic rings. The predicted molar refractivity (Wildman–Crippen MR) is 84.6 cm³/mol. The molecule has 0 spiro atoms. The fourth-order valence-electron chi connectivity index (χ4n) is 3.01. The van der Waals surface area contributed by atoms with Crippen molar-refractivity contribution < 1.29 is 9.30 Å². The van der Waals surface area contributed by atoms with E-state index in [1.54, 1.807) is 5.56 Å². The lowest BCUT2D eigenvalue weighted by Gasteiger charge is -2.07. The molecule has 1 aromatic carbocycles. The summed E-state index contributed by atoms with van der Waals surface area (Å²) in [5.41, 5.74) is 4.32. The van der Waals surface area contributed by atoms with E-state index >= 15 is 0 Å². The van der Waals surface area contributed by atoms with Gasteiger partial charge < -0.3 is 4.74 Å². The van der Waals surface area contributed by atoms with Crippen LogP contribution < -0.4 is 9.30 Å². The molecule has 0 atom stereocenters. The van der Waals surface area contributed by atoms with Crippen LogP contribution in [-0.2, 0) is 19.4 Å². The van der Waals surface area contributed by atoms with Gasteiger partial charge >= 0.3 is 0 Å². The van der Waals surface area contributed by atoms with Gasteiger partial charge in [-0.25, -0.2) is 4.57 Å². The van der Waals surface area contributed by atoms with Crippen LogP contribution in [-0.4, -0.2) is 6.61 Å². The molecule has 0 fully saturated rings. The van der Waals surface area contributed by atoms with Crippen LogP contribution in [0.2, 0.25) is 0 Å². The molecule has 0 saturated heterocycles. The Labute approximate surface area is 127 Å². The molecule has 1 aromatic heterocycles. The summed E-state index contributed by atoms with van der Waals surface area (Å²) in [6, 6.07) is 10.5. The molecule has 0 bridgehead atoms. The van der Waals surface area contributed by atoms with Crippen molar-refractivity contribution in [3.05, 3.63) is 59.4 Å². The van der Waals surface area contributed by atoms with Crippen molar-refractivity contribution in [3.8, 4) is 5.75 Å². The number of aromatic nitrogens is 1. The number of ether oxygens (including phenoxy) is 1. The fourth-order valence-corrected chi connectivity index (χ4v) is 3.01. The summed E-state index contributed by atoms with van der Waals surface area (Å²) < 4.78 is 8.10. The Morgan fingerprint density at radius 3 is 2.76 bits per heavy atom. The Kier molecular flexibility index (Phi) is 4.54. The SMILES string of the molecule is Cc1cccc(OCC[n+]2ccc3c(c2)CCCCC3)c1. The van der Waals surface area contributed by atoms with Gasteiger partial charge in [-0.15, -0.1) is 0 Å². The zero-order valence-electron chi connectivity index (χ0n) is 12.8. The lowest BCUT2D eigenvalue weighted by atomic mass is 10.1. The molecule has 0 N–H and O–H groups in total. The van der Waals surface area contributed by atoms with E-state index in [9.17, 15) is 0 Å². The van der Waals surface area contributed by atoms with Crippen molar-refractivity contribution in [3.63, 3.8) is 0 Å². The van der Waals surface area contributed by atoms with Crippen LogP contribution in [0, 0.1) is 6.92 Å². The third-order valence-corrected chi connectivity index (χ3v) is 4.20. The molecule has 0 aliphatic heterocycles. The zero-order chi connectivity index (χ0) is 14.5. The third-order valence-electron chi connectivity index (χ3n) is 4.20. The van der Waals surface area contributed by atoms with Gasteiger partial charge in [-0.1, -0.05) is 18.6 Å². The van der Waals surface area contributed by atoms with Gasteiger partial charge in [-0.3, -0.25) is 0 Å². The average molecular weight is 282 g/mol. The van der Waals surface area contributed by atoms with Crippen molar-refractivity contribution in [2.24, 2.45) is 0 Å². The van der Waals surface area contributed by atoms with Crippen LogP contribution in [0.25, 0.3) is 0 Å². The number of aryl methyl sites for hydroxylation is 3. The van der Waals surface area contributed by atoms with Gasteiger partial charge in [0.05, 0.1) is 0 Å². The van der Waals surface area contributed by atoms with Crippen molar-refractivity contribution in [2.45, 2.75) is 45.6 Å². The van der Waals surface area contributed by atoms with Gasteiger partial charge in [0.25, 0.3) is 0 Å². The monoisotopic (exact) mass is 282 g/mol. The van der Waals surface area contributed by atoms with Crippen LogP contribution >= 0.6 is 0 Å². The third kappa shape index (κ3) is 3.84. The number of fused-ring (bicyclic) bond motifs is 1. The van der Waals surface area contributed by atoms with Crippen LogP contribution in [0.5, 0.6) is 5.75 Å². The first-order chi connectivity index (χ1) is 10.3. The van der Waals surface area contributed by atoms with E-state index in [1.165, 1.54) is 43.2 Å². The van der Waals surface area contributed by atoms with E-state index in [-0.39, 0.29) is 0 Å². The first-order valence-electron chi connectivity index (χ1n) is 8.01. The van der Waals surface area contributed by atoms with Crippen LogP contribution in [0.4, 0.5) is 0 Å². The maximum Gasteiger partial charge on any atom is 0.182 e. The highest BCUT2D eigenvalue weighted by Crippen LogP contribution is 2.18. The van der Waals surface area contributed by atoms with Crippen molar-refractivity contribution >= 4 is 0 Å². The summed E-state index contributed by atoms with van der Waals surface area (Å²) in [4.78, 5) is 0. The van der Waals surface area contributed by atoms with Crippen molar-refractivity contribution in [2.75, 3.05) is 6.61 Å². The van der Waals surface area contributed by atoms with Crippen molar-refractivity contribution in [1.82, 2.24) is 0 Å². The van der Waals surface area contributed by atoms with Crippen LogP contribution in [0.15, 0.2) is 42.7 Å². The summed E-state index contributed by atoms with van der Waals surface area (Å²) >= 11 is 0. The van der Waals surface area contributed by atoms with Gasteiger partial charge in [-0.2, -0.15) is 0 Å². The summed E-state index contributed by atoms with van der Waals surface area (Å²) in [5, 5.41) is 0. The smallest absolute Gasteiger partial charge is 0.182 e. The second kappa shape index (κ2) is 6.75. The quantitative estimate of drug-likeness (QED) is 0.616. The Hall–Kier alpha value is -1.83. The number of pyridine rings is 1. The Morgan fingerprint density at radius 1 is 1.05 bits per heavy atom. The number of benzene rings is 1. The highest BCUT2D eigenvalue weighted by atomic mass is 16.5. The zero-order valence-corrected chi connectivity index (χ0v) is 12.8. The van der Waals surface area contributed by atoms with Gasteiger partial charge in [0.15, 0.2) is 18.9 Å². The molecule has 3 rings (SSSR count). The van der Waals surface area contributed by atoms with E-state index in [4.69, 9.17) is 4.74 Å². The van der Waals surface area contributed by atoms with E-state index in [0.717, 1.165) is 12.3 Å². The molecular formula is C19H24NO+. The van der Waals surface area contributed by atoms with Gasteiger partial charge in [0.2, 0.25) is 0 Å². The predicted octanol–water partition coefficient (Wildman–Crippen LogP) is 3.63. The number of hydrogen-bond acceptors (Lipinski definition) is 1. The minimum atomic E-state index is 0.715. The highest BCUT2D eigenvalue weighted by Gasteiger charge is 2.12. The highest BCUT2D eigenvalue weighted by molar-refractivity contribution is 5.27. The first kappa shape index (κ1) is 14.1. The van der Waals surface area contributed by atoms with E-state index < -0.39 is 0 Å². The molecule has 0 radical (unpaired) electrons. The lowest BCUT2D eigenvalue weighted by Crippen LogP contribution is -2.36. The largest absolute Gasteiger partial charge is 0.487 e. The standard InChI is InChI=1S/C19H24NO/c1-16-6-5-9-19(14-16)21-13-12-20-11-10-17-7-3-2-4-8-18(17)15-20/h5-6,9-11,14-15H,2-4,7-8,12-13H2,1H3/q+1. The topological polar surface area (TPSA) is 13.1 Å². The second-order valence-corrected chi connectivity index (χ2v) is 5.96. The number of hydrogen-bond donors (Lipinski definition) is 0. The Balaban J connectivity index is 1.59. The maximum absolute atomic E-state index is 5.84. The number of rotatable bonds is 4. The molecule has 0 amide bonds. The molecule has 0 unspecified atom stereocenters. The Bertz CT molecular complexity index is 606. The molecular weight excluding hydrogens is 258 g/mol. The minimum Gasteiger partial charge on any atom is -0.487 e. The summed E-state index contributed by atoms with van der Waals surface area (Å²) in [6.07, 6.45) is 11.0. The van der Waals surface area contributed by atoms with E-state index in [0.29, 0.717) is 6.61 Å². The number of nitrogens with zero attached hydrogens (tertiary/aromatic N) is 1. The molecule has 1 aliphatic carbocycles. The molecule has 110 valence electrons. The average Bonchev–Trinajstić information content (AvgIpc) is 2.72. The maximum atomic E-state index is 5.84. The van der Waals surface area contributed by atoms with E-state index in [1.807, 2.05) is 12.1 Å². The molecule has 2 aromatic rings. The minimum absolute atomic E-state index is 0.715. The van der Waals surface area contributed by atoms with Crippen LogP contribution in [0.1, 0.15) is 36.0 Å². The molecule has 2 nitrogen and oxygen atoms in total. The second-order valence-electron chi connectivity index (χ2n) is 5.96. The summed E-state index contributed by atoms with van der Waals surface area (Å²) in [5.74, 6) is 0.963. The lowest BCUT2D eigenvalue weighted by molar-refractivity contribution is -0.698. The van der Waals surface area contributed by atoms with E-state index in [2.05, 4.69) is 42.1 Å².